The number of benzene rings is 2. The van der Waals surface area contributed by atoms with Gasteiger partial charge in [-0.05, 0) is 48.6 Å². The molecule has 1 fully saturated rings. The molecule has 0 bridgehead atoms. The Kier molecular flexibility index (Phi) is 5.41. The van der Waals surface area contributed by atoms with Crippen molar-refractivity contribution < 1.29 is 24.2 Å². The smallest absolute Gasteiger partial charge is 0.257 e. The minimum atomic E-state index is -1.36. The third kappa shape index (κ3) is 3.98. The molecule has 31 heavy (non-hydrogen) atoms. The van der Waals surface area contributed by atoms with E-state index >= 15 is 0 Å². The number of para-hydroxylation sites is 1. The first-order chi connectivity index (χ1) is 14.8. The maximum Gasteiger partial charge on any atom is 0.257 e. The third-order valence-corrected chi connectivity index (χ3v) is 5.60. The van der Waals surface area contributed by atoms with Gasteiger partial charge in [-0.2, -0.15) is 0 Å². The second kappa shape index (κ2) is 8.03. The van der Waals surface area contributed by atoms with Crippen LogP contribution in [0.5, 0.6) is 5.75 Å². The summed E-state index contributed by atoms with van der Waals surface area (Å²) in [5, 5.41) is 26.9. The Labute approximate surface area is 179 Å². The standard InChI is InChI=1S/C23H24FN3O4/c1-27(2)23(31)15-4-3-5-16(20(15)28)25-18-19(22(30)21(18)29)26-17(12-6-7-12)13-8-10-14(24)11-9-13/h3-5,8-12,17,21,25-26,28-29H,6-7H2,1-2H3/t17-,21?/m1/s1. The second-order valence-electron chi connectivity index (χ2n) is 8.09. The number of nitrogens with zero attached hydrogens (tertiary/aromatic N) is 1. The molecule has 7 nitrogen and oxygen atoms in total. The van der Waals surface area contributed by atoms with Crippen LogP contribution in [0, 0.1) is 11.7 Å². The maximum absolute atomic E-state index is 13.3. The van der Waals surface area contributed by atoms with Gasteiger partial charge in [0, 0.05) is 14.1 Å². The summed E-state index contributed by atoms with van der Waals surface area (Å²) in [5.74, 6) is -1.13. The lowest BCUT2D eigenvalue weighted by Gasteiger charge is -2.33. The summed E-state index contributed by atoms with van der Waals surface area (Å²) in [7, 11) is 3.16. The Hall–Kier alpha value is -3.39. The fraction of sp³-hybridized carbons (Fsp3) is 0.304. The molecule has 2 aliphatic carbocycles. The zero-order valence-electron chi connectivity index (χ0n) is 17.2. The minimum Gasteiger partial charge on any atom is -0.505 e. The molecule has 2 aromatic rings. The summed E-state index contributed by atoms with van der Waals surface area (Å²) in [6.45, 7) is 0. The fourth-order valence-electron chi connectivity index (χ4n) is 3.67. The maximum atomic E-state index is 13.3. The molecular formula is C23H24FN3O4. The van der Waals surface area contributed by atoms with Crippen molar-refractivity contribution in [2.24, 2.45) is 5.92 Å². The van der Waals surface area contributed by atoms with Crippen LogP contribution in [0.25, 0.3) is 0 Å². The average molecular weight is 425 g/mol. The van der Waals surface area contributed by atoms with Crippen LogP contribution in [0.3, 0.4) is 0 Å². The van der Waals surface area contributed by atoms with Gasteiger partial charge in [-0.25, -0.2) is 4.39 Å². The lowest BCUT2D eigenvalue weighted by Crippen LogP contribution is -2.46. The molecule has 2 atom stereocenters. The Morgan fingerprint density at radius 2 is 1.84 bits per heavy atom. The molecule has 2 aliphatic rings. The zero-order chi connectivity index (χ0) is 22.3. The van der Waals surface area contributed by atoms with E-state index in [0.717, 1.165) is 18.4 Å². The van der Waals surface area contributed by atoms with E-state index in [-0.39, 0.29) is 46.2 Å². The van der Waals surface area contributed by atoms with Crippen LogP contribution in [0.4, 0.5) is 10.1 Å². The Bertz CT molecular complexity index is 1060. The van der Waals surface area contributed by atoms with Crippen molar-refractivity contribution in [3.63, 3.8) is 0 Å². The number of phenolic OH excluding ortho intramolecular Hbond substituents is 1. The van der Waals surface area contributed by atoms with Gasteiger partial charge in [-0.15, -0.1) is 0 Å². The monoisotopic (exact) mass is 425 g/mol. The van der Waals surface area contributed by atoms with E-state index in [1.54, 1.807) is 38.4 Å². The molecule has 4 N–H and O–H groups in total. The van der Waals surface area contributed by atoms with Crippen molar-refractivity contribution in [2.45, 2.75) is 25.0 Å². The molecule has 0 aliphatic heterocycles. The first-order valence-electron chi connectivity index (χ1n) is 10.1. The number of aliphatic hydroxyl groups is 1. The Morgan fingerprint density at radius 3 is 2.45 bits per heavy atom. The van der Waals surface area contributed by atoms with E-state index in [2.05, 4.69) is 10.6 Å². The number of aliphatic hydroxyl groups excluding tert-OH is 1. The Balaban J connectivity index is 1.62. The van der Waals surface area contributed by atoms with Gasteiger partial charge >= 0.3 is 0 Å². The summed E-state index contributed by atoms with van der Waals surface area (Å²) in [6.07, 6.45) is 0.609. The quantitative estimate of drug-likeness (QED) is 0.509. The van der Waals surface area contributed by atoms with E-state index in [9.17, 15) is 24.2 Å². The number of hydrogen-bond acceptors (Lipinski definition) is 6. The fourth-order valence-corrected chi connectivity index (χ4v) is 3.67. The largest absolute Gasteiger partial charge is 0.505 e. The Morgan fingerprint density at radius 1 is 1.16 bits per heavy atom. The predicted octanol–water partition coefficient (Wildman–Crippen LogP) is 2.54. The number of ketones is 1. The van der Waals surface area contributed by atoms with E-state index in [1.807, 2.05) is 0 Å². The SMILES string of the molecule is CN(C)C(=O)c1cccc(NC2=C(N[C@@H](c3ccc(F)cc3)C3CC3)C(=O)C2O)c1O. The van der Waals surface area contributed by atoms with Crippen LogP contribution in [-0.2, 0) is 4.79 Å². The summed E-state index contributed by atoms with van der Waals surface area (Å²) >= 11 is 0. The molecule has 0 aromatic heterocycles. The van der Waals surface area contributed by atoms with Gasteiger partial charge in [0.25, 0.3) is 5.91 Å². The van der Waals surface area contributed by atoms with Crippen LogP contribution in [0.1, 0.15) is 34.8 Å². The molecule has 1 amide bonds. The molecule has 1 saturated carbocycles. The topological polar surface area (TPSA) is 102 Å². The number of carbonyl (C=O) groups excluding carboxylic acids is 2. The number of halogens is 1. The molecule has 4 rings (SSSR count). The molecule has 1 unspecified atom stereocenters. The van der Waals surface area contributed by atoms with Crippen molar-refractivity contribution in [1.82, 2.24) is 10.2 Å². The van der Waals surface area contributed by atoms with Gasteiger partial charge in [0.15, 0.2) is 11.9 Å². The molecule has 162 valence electrons. The van der Waals surface area contributed by atoms with Crippen LogP contribution >= 0.6 is 0 Å². The van der Waals surface area contributed by atoms with Crippen molar-refractivity contribution >= 4 is 17.4 Å². The summed E-state index contributed by atoms with van der Waals surface area (Å²) in [5.41, 5.74) is 1.61. The van der Waals surface area contributed by atoms with E-state index in [1.165, 1.54) is 23.1 Å². The van der Waals surface area contributed by atoms with Crippen molar-refractivity contribution in [3.8, 4) is 5.75 Å². The summed E-state index contributed by atoms with van der Waals surface area (Å²) < 4.78 is 13.3. The van der Waals surface area contributed by atoms with Crippen molar-refractivity contribution in [3.05, 3.63) is 70.8 Å². The second-order valence-corrected chi connectivity index (χ2v) is 8.09. The van der Waals surface area contributed by atoms with Crippen LogP contribution in [0.2, 0.25) is 0 Å². The van der Waals surface area contributed by atoms with E-state index in [0.29, 0.717) is 5.92 Å². The summed E-state index contributed by atoms with van der Waals surface area (Å²) in [4.78, 5) is 26.0. The number of Topliss-reactive ketones (excluding diaryl/α,β-unsaturated/α-hetero) is 1. The van der Waals surface area contributed by atoms with E-state index < -0.39 is 11.9 Å². The van der Waals surface area contributed by atoms with Gasteiger partial charge in [0.2, 0.25) is 5.78 Å². The highest BCUT2D eigenvalue weighted by Gasteiger charge is 2.42. The highest BCUT2D eigenvalue weighted by atomic mass is 19.1. The molecule has 0 heterocycles. The highest BCUT2D eigenvalue weighted by Crippen LogP contribution is 2.43. The van der Waals surface area contributed by atoms with Crippen LogP contribution in [0.15, 0.2) is 53.9 Å². The zero-order valence-corrected chi connectivity index (χ0v) is 17.2. The third-order valence-electron chi connectivity index (χ3n) is 5.60. The van der Waals surface area contributed by atoms with E-state index in [4.69, 9.17) is 0 Å². The van der Waals surface area contributed by atoms with Gasteiger partial charge in [-0.3, -0.25) is 9.59 Å². The van der Waals surface area contributed by atoms with Gasteiger partial charge in [0.1, 0.15) is 11.5 Å². The van der Waals surface area contributed by atoms with Gasteiger partial charge < -0.3 is 25.7 Å². The number of amides is 1. The molecule has 2 aromatic carbocycles. The van der Waals surface area contributed by atoms with Crippen LogP contribution in [-0.4, -0.2) is 47.0 Å². The number of aromatic hydroxyl groups is 1. The molecule has 0 saturated heterocycles. The molecular weight excluding hydrogens is 401 g/mol. The summed E-state index contributed by atoms with van der Waals surface area (Å²) in [6, 6.07) is 10.6. The average Bonchev–Trinajstić information content (AvgIpc) is 3.59. The number of anilines is 1. The number of nitrogens with one attached hydrogen (secondary N) is 2. The lowest BCUT2D eigenvalue weighted by atomic mass is 9.92. The number of hydrogen-bond donors (Lipinski definition) is 4. The number of rotatable bonds is 7. The minimum absolute atomic E-state index is 0.104. The lowest BCUT2D eigenvalue weighted by molar-refractivity contribution is -0.125. The van der Waals surface area contributed by atoms with Gasteiger partial charge in [-0.1, -0.05) is 18.2 Å². The van der Waals surface area contributed by atoms with Crippen LogP contribution < -0.4 is 10.6 Å². The molecule has 8 heteroatoms. The molecule has 0 spiro atoms. The first-order valence-corrected chi connectivity index (χ1v) is 10.1. The molecule has 0 radical (unpaired) electrons. The predicted molar refractivity (Wildman–Crippen MR) is 113 cm³/mol. The normalized spacial score (nSPS) is 19.0. The number of phenols is 1. The van der Waals surface area contributed by atoms with Crippen molar-refractivity contribution in [1.29, 1.82) is 0 Å². The highest BCUT2D eigenvalue weighted by molar-refractivity contribution is 6.09. The van der Waals surface area contributed by atoms with Gasteiger partial charge in [0.05, 0.1) is 23.0 Å². The first kappa shape index (κ1) is 20.9. The number of carbonyl (C=O) groups is 2. The van der Waals surface area contributed by atoms with Crippen molar-refractivity contribution in [2.75, 3.05) is 19.4 Å².